The largest absolute Gasteiger partial charge is 0.311 e. The molecule has 2 aromatic rings. The Morgan fingerprint density at radius 3 is 2.73 bits per heavy atom. The lowest BCUT2D eigenvalue weighted by atomic mass is 9.91. The highest BCUT2D eigenvalue weighted by Gasteiger charge is 2.31. The van der Waals surface area contributed by atoms with E-state index in [0.717, 1.165) is 50.4 Å². The van der Waals surface area contributed by atoms with E-state index in [9.17, 15) is 4.79 Å². The molecule has 1 amide bonds. The number of piperidine rings is 1. The van der Waals surface area contributed by atoms with E-state index in [0.29, 0.717) is 12.5 Å². The van der Waals surface area contributed by atoms with Crippen molar-refractivity contribution in [1.82, 2.24) is 24.5 Å². The maximum absolute atomic E-state index is 12.3. The van der Waals surface area contributed by atoms with Gasteiger partial charge in [0.05, 0.1) is 17.9 Å². The lowest BCUT2D eigenvalue weighted by Gasteiger charge is -2.31. The highest BCUT2D eigenvalue weighted by Crippen LogP contribution is 2.37. The highest BCUT2D eigenvalue weighted by molar-refractivity contribution is 5.93. The first-order valence-corrected chi connectivity index (χ1v) is 9.58. The number of nitrogens with one attached hydrogen (secondary N) is 1. The molecule has 26 heavy (non-hydrogen) atoms. The fourth-order valence-electron chi connectivity index (χ4n) is 4.27. The van der Waals surface area contributed by atoms with Gasteiger partial charge in [0, 0.05) is 24.2 Å². The Morgan fingerprint density at radius 2 is 2.04 bits per heavy atom. The molecule has 1 fully saturated rings. The maximum atomic E-state index is 12.3. The first kappa shape index (κ1) is 17.3. The van der Waals surface area contributed by atoms with Gasteiger partial charge in [-0.25, -0.2) is 4.68 Å². The molecule has 4 rings (SSSR count). The van der Waals surface area contributed by atoms with Crippen LogP contribution in [0.25, 0.3) is 0 Å². The van der Waals surface area contributed by atoms with Crippen molar-refractivity contribution < 1.29 is 4.79 Å². The second-order valence-corrected chi connectivity index (χ2v) is 7.82. The van der Waals surface area contributed by atoms with Crippen molar-refractivity contribution in [2.24, 2.45) is 0 Å². The number of carbonyl (C=O) groups excluding carboxylic acids is 1. The Balaban J connectivity index is 1.52. The molecule has 4 heterocycles. The third-order valence-electron chi connectivity index (χ3n) is 5.78. The Hall–Kier alpha value is -2.15. The molecule has 0 aliphatic carbocycles. The van der Waals surface area contributed by atoms with Crippen LogP contribution in [0.15, 0.2) is 12.3 Å². The quantitative estimate of drug-likeness (QED) is 0.914. The van der Waals surface area contributed by atoms with Crippen molar-refractivity contribution in [1.29, 1.82) is 0 Å². The lowest BCUT2D eigenvalue weighted by Crippen LogP contribution is -2.33. The molecule has 0 saturated carbocycles. The first-order valence-electron chi connectivity index (χ1n) is 9.58. The van der Waals surface area contributed by atoms with Crippen LogP contribution in [0.4, 0.5) is 5.82 Å². The Morgan fingerprint density at radius 1 is 1.27 bits per heavy atom. The molecule has 2 aliphatic rings. The Kier molecular flexibility index (Phi) is 4.56. The molecule has 2 aromatic heterocycles. The number of aryl methyl sites for hydroxylation is 3. The summed E-state index contributed by atoms with van der Waals surface area (Å²) in [6.07, 6.45) is 5.57. The topological polar surface area (TPSA) is 68.0 Å². The number of likely N-dealkylation sites (tertiary alicyclic amines) is 1. The molecule has 1 saturated heterocycles. The van der Waals surface area contributed by atoms with Crippen molar-refractivity contribution in [3.8, 4) is 0 Å². The van der Waals surface area contributed by atoms with Crippen LogP contribution in [-0.2, 0) is 11.3 Å². The normalized spacial score (nSPS) is 21.7. The van der Waals surface area contributed by atoms with Crippen molar-refractivity contribution in [3.63, 3.8) is 0 Å². The van der Waals surface area contributed by atoms with E-state index >= 15 is 0 Å². The molecule has 0 aromatic carbocycles. The molecule has 7 heteroatoms. The minimum Gasteiger partial charge on any atom is -0.311 e. The van der Waals surface area contributed by atoms with Crippen LogP contribution < -0.4 is 5.32 Å². The zero-order valence-electron chi connectivity index (χ0n) is 15.9. The van der Waals surface area contributed by atoms with E-state index in [4.69, 9.17) is 0 Å². The SMILES string of the molecule is Cc1cc(C)n(CC[C@@H]2CC(=O)Nc3c2cnn3C2CCN(C)CC2)n1. The molecular formula is C19H28N6O. The molecule has 140 valence electrons. The number of aromatic nitrogens is 4. The summed E-state index contributed by atoms with van der Waals surface area (Å²) >= 11 is 0. The van der Waals surface area contributed by atoms with Gasteiger partial charge >= 0.3 is 0 Å². The van der Waals surface area contributed by atoms with Gasteiger partial charge in [-0.15, -0.1) is 0 Å². The zero-order chi connectivity index (χ0) is 18.3. The molecule has 7 nitrogen and oxygen atoms in total. The van der Waals surface area contributed by atoms with Crippen LogP contribution in [-0.4, -0.2) is 50.5 Å². The summed E-state index contributed by atoms with van der Waals surface area (Å²) < 4.78 is 4.11. The monoisotopic (exact) mass is 356 g/mol. The zero-order valence-corrected chi connectivity index (χ0v) is 15.9. The molecule has 0 bridgehead atoms. The van der Waals surface area contributed by atoms with Gasteiger partial charge in [0.25, 0.3) is 0 Å². The lowest BCUT2D eigenvalue weighted by molar-refractivity contribution is -0.117. The number of amides is 1. The van der Waals surface area contributed by atoms with Gasteiger partial charge in [-0.1, -0.05) is 0 Å². The van der Waals surface area contributed by atoms with E-state index < -0.39 is 0 Å². The number of nitrogens with zero attached hydrogens (tertiary/aromatic N) is 5. The second kappa shape index (κ2) is 6.87. The Bertz CT molecular complexity index is 799. The van der Waals surface area contributed by atoms with Crippen LogP contribution in [0, 0.1) is 13.8 Å². The summed E-state index contributed by atoms with van der Waals surface area (Å²) in [5, 5.41) is 12.3. The molecule has 2 aliphatic heterocycles. The predicted octanol–water partition coefficient (Wildman–Crippen LogP) is 2.48. The Labute approximate surface area is 154 Å². The highest BCUT2D eigenvalue weighted by atomic mass is 16.1. The third-order valence-corrected chi connectivity index (χ3v) is 5.78. The second-order valence-electron chi connectivity index (χ2n) is 7.82. The summed E-state index contributed by atoms with van der Waals surface area (Å²) in [5.74, 6) is 1.24. The number of hydrogen-bond donors (Lipinski definition) is 1. The average molecular weight is 356 g/mol. The summed E-state index contributed by atoms with van der Waals surface area (Å²) in [6, 6.07) is 2.47. The molecule has 0 unspecified atom stereocenters. The van der Waals surface area contributed by atoms with Crippen LogP contribution in [0.3, 0.4) is 0 Å². The average Bonchev–Trinajstić information content (AvgIpc) is 3.16. The molecule has 0 radical (unpaired) electrons. The number of rotatable bonds is 4. The van der Waals surface area contributed by atoms with Gasteiger partial charge in [-0.2, -0.15) is 10.2 Å². The predicted molar refractivity (Wildman–Crippen MR) is 100 cm³/mol. The van der Waals surface area contributed by atoms with Gasteiger partial charge in [0.15, 0.2) is 0 Å². The summed E-state index contributed by atoms with van der Waals surface area (Å²) in [5.41, 5.74) is 3.40. The molecule has 0 spiro atoms. The van der Waals surface area contributed by atoms with Crippen molar-refractivity contribution in [3.05, 3.63) is 29.2 Å². The third kappa shape index (κ3) is 3.28. The van der Waals surface area contributed by atoms with Gasteiger partial charge in [-0.3, -0.25) is 9.48 Å². The molecule has 1 atom stereocenters. The number of carbonyl (C=O) groups is 1. The standard InChI is InChI=1S/C19H28N6O/c1-13-10-14(2)24(22-13)9-4-15-11-18(26)21-19-17(15)12-20-25(19)16-5-7-23(3)8-6-16/h10,12,15-16H,4-9,11H2,1-3H3,(H,21,26)/t15-/m1/s1. The summed E-state index contributed by atoms with van der Waals surface area (Å²) in [7, 11) is 2.16. The smallest absolute Gasteiger partial charge is 0.226 e. The fourth-order valence-corrected chi connectivity index (χ4v) is 4.27. The summed E-state index contributed by atoms with van der Waals surface area (Å²) in [6.45, 7) is 7.08. The minimum absolute atomic E-state index is 0.102. The van der Waals surface area contributed by atoms with Crippen molar-refractivity contribution >= 4 is 11.7 Å². The van der Waals surface area contributed by atoms with Crippen molar-refractivity contribution in [2.45, 2.75) is 58.0 Å². The summed E-state index contributed by atoms with van der Waals surface area (Å²) in [4.78, 5) is 14.7. The van der Waals surface area contributed by atoms with Crippen LogP contribution in [0.5, 0.6) is 0 Å². The molecular weight excluding hydrogens is 328 g/mol. The number of anilines is 1. The number of hydrogen-bond acceptors (Lipinski definition) is 4. The van der Waals surface area contributed by atoms with E-state index in [1.165, 1.54) is 11.3 Å². The van der Waals surface area contributed by atoms with Crippen LogP contribution in [0.2, 0.25) is 0 Å². The van der Waals surface area contributed by atoms with E-state index in [1.54, 1.807) is 0 Å². The van der Waals surface area contributed by atoms with Gasteiger partial charge < -0.3 is 10.2 Å². The fraction of sp³-hybridized carbons (Fsp3) is 0.632. The minimum atomic E-state index is 0.102. The maximum Gasteiger partial charge on any atom is 0.226 e. The van der Waals surface area contributed by atoms with E-state index in [-0.39, 0.29) is 11.8 Å². The van der Waals surface area contributed by atoms with Crippen LogP contribution >= 0.6 is 0 Å². The van der Waals surface area contributed by atoms with E-state index in [1.807, 2.05) is 17.8 Å². The van der Waals surface area contributed by atoms with Crippen LogP contribution in [0.1, 0.15) is 54.6 Å². The van der Waals surface area contributed by atoms with Gasteiger partial charge in [-0.05, 0) is 65.2 Å². The van der Waals surface area contributed by atoms with E-state index in [2.05, 4.69) is 45.1 Å². The first-order chi connectivity index (χ1) is 12.5. The van der Waals surface area contributed by atoms with Crippen molar-refractivity contribution in [2.75, 3.05) is 25.5 Å². The molecule has 1 N–H and O–H groups in total. The van der Waals surface area contributed by atoms with Gasteiger partial charge in [0.2, 0.25) is 5.91 Å². The van der Waals surface area contributed by atoms with Gasteiger partial charge in [0.1, 0.15) is 5.82 Å². The number of fused-ring (bicyclic) bond motifs is 1.